The molecule has 2 heterocycles. The van der Waals surface area contributed by atoms with Gasteiger partial charge in [-0.25, -0.2) is 9.37 Å². The molecule has 0 fully saturated rings. The monoisotopic (exact) mass is 317 g/mol. The number of hydrogen-bond donors (Lipinski definition) is 2. The summed E-state index contributed by atoms with van der Waals surface area (Å²) in [5.74, 6) is 0.527. The van der Waals surface area contributed by atoms with E-state index in [-0.39, 0.29) is 5.82 Å². The third kappa shape index (κ3) is 2.74. The van der Waals surface area contributed by atoms with Crippen LogP contribution in [-0.4, -0.2) is 9.97 Å². The summed E-state index contributed by atoms with van der Waals surface area (Å²) in [7, 11) is 0. The van der Waals surface area contributed by atoms with Crippen molar-refractivity contribution in [3.05, 3.63) is 78.2 Å². The van der Waals surface area contributed by atoms with Gasteiger partial charge in [-0.15, -0.1) is 0 Å². The first-order valence-electron chi connectivity index (χ1n) is 7.76. The van der Waals surface area contributed by atoms with Crippen molar-refractivity contribution >= 4 is 22.4 Å². The lowest BCUT2D eigenvalue weighted by Gasteiger charge is -2.07. The molecular formula is C20H16FN3. The average molecular weight is 317 g/mol. The highest BCUT2D eigenvalue weighted by Crippen LogP contribution is 2.29. The second-order valence-corrected chi connectivity index (χ2v) is 5.81. The van der Waals surface area contributed by atoms with Crippen molar-refractivity contribution in [2.75, 3.05) is 5.32 Å². The molecule has 4 rings (SSSR count). The number of hydrogen-bond acceptors (Lipinski definition) is 2. The highest BCUT2D eigenvalue weighted by Gasteiger charge is 2.09. The van der Waals surface area contributed by atoms with Crippen LogP contribution < -0.4 is 5.32 Å². The fourth-order valence-electron chi connectivity index (χ4n) is 2.82. The van der Waals surface area contributed by atoms with Gasteiger partial charge in [-0.05, 0) is 48.9 Å². The molecule has 3 nitrogen and oxygen atoms in total. The van der Waals surface area contributed by atoms with Crippen molar-refractivity contribution in [2.24, 2.45) is 0 Å². The van der Waals surface area contributed by atoms with Crippen LogP contribution >= 0.6 is 0 Å². The predicted molar refractivity (Wildman–Crippen MR) is 95.9 cm³/mol. The number of halogens is 1. The summed E-state index contributed by atoms with van der Waals surface area (Å²) in [6.07, 6.45) is 1.76. The van der Waals surface area contributed by atoms with Gasteiger partial charge in [-0.1, -0.05) is 24.3 Å². The van der Waals surface area contributed by atoms with Crippen LogP contribution in [0.25, 0.3) is 22.2 Å². The highest BCUT2D eigenvalue weighted by atomic mass is 19.1. The minimum atomic E-state index is -0.248. The Hall–Kier alpha value is -3.14. The zero-order chi connectivity index (χ0) is 16.5. The zero-order valence-electron chi connectivity index (χ0n) is 13.2. The van der Waals surface area contributed by atoms with Crippen molar-refractivity contribution in [3.8, 4) is 11.3 Å². The minimum Gasteiger partial charge on any atom is -0.354 e. The molecule has 0 radical (unpaired) electrons. The maximum atomic E-state index is 13.5. The van der Waals surface area contributed by atoms with E-state index in [2.05, 4.69) is 34.3 Å². The maximum Gasteiger partial charge on any atom is 0.139 e. The standard InChI is InChI=1S/C20H16FN3/c1-13-4-2-7-16(10-13)23-20-17-12-19(24-18(17)8-9-22-20)14-5-3-6-15(21)11-14/h2-12,24H,1H3,(H,22,23). The first-order chi connectivity index (χ1) is 11.7. The summed E-state index contributed by atoms with van der Waals surface area (Å²) in [5, 5.41) is 4.33. The van der Waals surface area contributed by atoms with Crippen molar-refractivity contribution in [2.45, 2.75) is 6.92 Å². The zero-order valence-corrected chi connectivity index (χ0v) is 13.2. The molecule has 0 spiro atoms. The molecule has 0 aliphatic carbocycles. The average Bonchev–Trinajstić information content (AvgIpc) is 3.00. The fourth-order valence-corrected chi connectivity index (χ4v) is 2.82. The number of aryl methyl sites for hydroxylation is 1. The van der Waals surface area contributed by atoms with Gasteiger partial charge in [0.05, 0.1) is 5.52 Å². The number of fused-ring (bicyclic) bond motifs is 1. The Labute approximate surface area is 139 Å². The number of benzene rings is 2. The summed E-state index contributed by atoms with van der Waals surface area (Å²) in [6.45, 7) is 2.05. The van der Waals surface area contributed by atoms with E-state index < -0.39 is 0 Å². The topological polar surface area (TPSA) is 40.7 Å². The van der Waals surface area contributed by atoms with Gasteiger partial charge in [-0.2, -0.15) is 0 Å². The fraction of sp³-hybridized carbons (Fsp3) is 0.0500. The Kier molecular flexibility index (Phi) is 3.50. The lowest BCUT2D eigenvalue weighted by Crippen LogP contribution is -1.93. The molecule has 0 atom stereocenters. The van der Waals surface area contributed by atoms with E-state index in [9.17, 15) is 4.39 Å². The van der Waals surface area contributed by atoms with E-state index in [1.807, 2.05) is 30.3 Å². The first-order valence-corrected chi connectivity index (χ1v) is 7.76. The molecule has 4 aromatic rings. The molecule has 118 valence electrons. The van der Waals surface area contributed by atoms with Crippen LogP contribution in [0.4, 0.5) is 15.9 Å². The molecule has 0 aliphatic rings. The molecule has 0 aliphatic heterocycles. The number of nitrogens with zero attached hydrogens (tertiary/aromatic N) is 1. The molecule has 24 heavy (non-hydrogen) atoms. The van der Waals surface area contributed by atoms with Gasteiger partial charge in [0.25, 0.3) is 0 Å². The molecule has 0 saturated heterocycles. The summed E-state index contributed by atoms with van der Waals surface area (Å²) < 4.78 is 13.5. The van der Waals surface area contributed by atoms with Crippen LogP contribution in [0, 0.1) is 12.7 Å². The smallest absolute Gasteiger partial charge is 0.139 e. The second-order valence-electron chi connectivity index (χ2n) is 5.81. The van der Waals surface area contributed by atoms with Gasteiger partial charge in [-0.3, -0.25) is 0 Å². The van der Waals surface area contributed by atoms with Crippen molar-refractivity contribution in [3.63, 3.8) is 0 Å². The molecule has 0 bridgehead atoms. The molecular weight excluding hydrogens is 301 g/mol. The van der Waals surface area contributed by atoms with Gasteiger partial charge >= 0.3 is 0 Å². The normalized spacial score (nSPS) is 10.9. The SMILES string of the molecule is Cc1cccc(Nc2nccc3[nH]c(-c4cccc(F)c4)cc23)c1. The largest absolute Gasteiger partial charge is 0.354 e. The third-order valence-corrected chi connectivity index (χ3v) is 3.96. The van der Waals surface area contributed by atoms with Gasteiger partial charge in [0.15, 0.2) is 0 Å². The van der Waals surface area contributed by atoms with Crippen LogP contribution in [-0.2, 0) is 0 Å². The Morgan fingerprint density at radius 1 is 1.00 bits per heavy atom. The quantitative estimate of drug-likeness (QED) is 0.529. The van der Waals surface area contributed by atoms with Crippen LogP contribution in [0.2, 0.25) is 0 Å². The number of aromatic amines is 1. The molecule has 0 unspecified atom stereocenters. The summed E-state index contributed by atoms with van der Waals surface area (Å²) >= 11 is 0. The van der Waals surface area contributed by atoms with Crippen molar-refractivity contribution < 1.29 is 4.39 Å². The summed E-state index contributed by atoms with van der Waals surface area (Å²) in [4.78, 5) is 7.78. The van der Waals surface area contributed by atoms with Gasteiger partial charge in [0, 0.05) is 28.5 Å². The van der Waals surface area contributed by atoms with E-state index in [1.165, 1.54) is 17.7 Å². The lowest BCUT2D eigenvalue weighted by molar-refractivity contribution is 0.628. The third-order valence-electron chi connectivity index (χ3n) is 3.96. The number of H-pyrrole nitrogens is 1. The molecule has 4 heteroatoms. The molecule has 0 saturated carbocycles. The molecule has 2 aromatic carbocycles. The van der Waals surface area contributed by atoms with Gasteiger partial charge in [0.2, 0.25) is 0 Å². The van der Waals surface area contributed by atoms with E-state index in [1.54, 1.807) is 12.3 Å². The van der Waals surface area contributed by atoms with E-state index >= 15 is 0 Å². The number of pyridine rings is 1. The van der Waals surface area contributed by atoms with Crippen LogP contribution in [0.1, 0.15) is 5.56 Å². The Morgan fingerprint density at radius 2 is 1.88 bits per heavy atom. The van der Waals surface area contributed by atoms with E-state index in [0.717, 1.165) is 33.7 Å². The Morgan fingerprint density at radius 3 is 2.71 bits per heavy atom. The number of aromatic nitrogens is 2. The van der Waals surface area contributed by atoms with E-state index in [0.29, 0.717) is 0 Å². The number of anilines is 2. The highest BCUT2D eigenvalue weighted by molar-refractivity contribution is 5.95. The summed E-state index contributed by atoms with van der Waals surface area (Å²) in [6, 6.07) is 18.6. The molecule has 2 aromatic heterocycles. The first kappa shape index (κ1) is 14.5. The Bertz CT molecular complexity index is 1020. The van der Waals surface area contributed by atoms with Crippen LogP contribution in [0.5, 0.6) is 0 Å². The van der Waals surface area contributed by atoms with Crippen molar-refractivity contribution in [1.29, 1.82) is 0 Å². The lowest BCUT2D eigenvalue weighted by atomic mass is 10.1. The predicted octanol–water partition coefficient (Wildman–Crippen LogP) is 5.42. The minimum absolute atomic E-state index is 0.248. The van der Waals surface area contributed by atoms with Gasteiger partial charge in [0.1, 0.15) is 11.6 Å². The number of rotatable bonds is 3. The Balaban J connectivity index is 1.77. The maximum absolute atomic E-state index is 13.5. The molecule has 0 amide bonds. The second kappa shape index (κ2) is 5.81. The number of nitrogens with one attached hydrogen (secondary N) is 2. The molecule has 2 N–H and O–H groups in total. The van der Waals surface area contributed by atoms with Crippen LogP contribution in [0.3, 0.4) is 0 Å². The van der Waals surface area contributed by atoms with Crippen LogP contribution in [0.15, 0.2) is 66.9 Å². The van der Waals surface area contributed by atoms with E-state index in [4.69, 9.17) is 0 Å². The van der Waals surface area contributed by atoms with Gasteiger partial charge < -0.3 is 10.3 Å². The van der Waals surface area contributed by atoms with Crippen molar-refractivity contribution in [1.82, 2.24) is 9.97 Å². The summed E-state index contributed by atoms with van der Waals surface area (Å²) in [5.41, 5.74) is 4.81.